The first-order valence-corrected chi connectivity index (χ1v) is 8.40. The highest BCUT2D eigenvalue weighted by Crippen LogP contribution is 2.15. The van der Waals surface area contributed by atoms with Crippen LogP contribution in [-0.2, 0) is 11.3 Å². The minimum absolute atomic E-state index is 0.0523. The van der Waals surface area contributed by atoms with Gasteiger partial charge in [0, 0.05) is 12.1 Å². The number of nitrogens with one attached hydrogen (secondary N) is 1. The zero-order valence-electron chi connectivity index (χ0n) is 14.2. The lowest BCUT2D eigenvalue weighted by atomic mass is 10.1. The second-order valence-electron chi connectivity index (χ2n) is 5.85. The minimum Gasteiger partial charge on any atom is -0.618 e. The number of carbonyl (C=O) groups is 1. The van der Waals surface area contributed by atoms with Gasteiger partial charge in [-0.05, 0) is 17.2 Å². The molecule has 5 nitrogen and oxygen atoms in total. The van der Waals surface area contributed by atoms with Crippen LogP contribution in [0.1, 0.15) is 27.7 Å². The number of pyridine rings is 1. The molecule has 0 bridgehead atoms. The molecule has 0 radical (unpaired) electrons. The van der Waals surface area contributed by atoms with E-state index in [2.05, 4.69) is 5.32 Å². The maximum Gasteiger partial charge on any atom is 0.317 e. The second kappa shape index (κ2) is 8.78. The molecule has 1 heterocycles. The van der Waals surface area contributed by atoms with Crippen LogP contribution in [0.5, 0.6) is 0 Å². The maximum atomic E-state index is 12.5. The van der Waals surface area contributed by atoms with Crippen molar-refractivity contribution in [3.8, 4) is 0 Å². The van der Waals surface area contributed by atoms with Crippen LogP contribution in [0.3, 0.4) is 0 Å². The number of aromatic nitrogens is 1. The number of nitrogens with zero attached hydrogens (tertiary/aromatic N) is 1. The van der Waals surface area contributed by atoms with Gasteiger partial charge in [-0.3, -0.25) is 4.79 Å². The highest BCUT2D eigenvalue weighted by molar-refractivity contribution is 5.91. The van der Waals surface area contributed by atoms with E-state index in [-0.39, 0.29) is 11.7 Å². The van der Waals surface area contributed by atoms with Gasteiger partial charge in [0.15, 0.2) is 6.20 Å². The number of carbonyl (C=O) groups excluding carboxylic acids is 1. The molecule has 2 aromatic carbocycles. The van der Waals surface area contributed by atoms with Gasteiger partial charge in [-0.15, -0.1) is 0 Å². The molecule has 26 heavy (non-hydrogen) atoms. The Hall–Kier alpha value is -3.18. The third kappa shape index (κ3) is 4.68. The summed E-state index contributed by atoms with van der Waals surface area (Å²) in [5.74, 6) is -0.433. The quantitative estimate of drug-likeness (QED) is 0.527. The predicted octanol–water partition coefficient (Wildman–Crippen LogP) is 3.01. The molecule has 0 saturated heterocycles. The lowest BCUT2D eigenvalue weighted by Crippen LogP contribution is -2.41. The lowest BCUT2D eigenvalue weighted by molar-refractivity contribution is -0.607. The summed E-state index contributed by atoms with van der Waals surface area (Å²) in [5, 5.41) is 14.7. The Bertz CT molecular complexity index is 838. The largest absolute Gasteiger partial charge is 0.618 e. The van der Waals surface area contributed by atoms with Crippen molar-refractivity contribution in [3.05, 3.63) is 107 Å². The zero-order chi connectivity index (χ0) is 18.2. The fourth-order valence-corrected chi connectivity index (χ4v) is 2.61. The summed E-state index contributed by atoms with van der Waals surface area (Å²) < 4.78 is 6.36. The molecule has 0 unspecified atom stereocenters. The van der Waals surface area contributed by atoms with Crippen molar-refractivity contribution in [3.63, 3.8) is 0 Å². The third-order valence-corrected chi connectivity index (χ3v) is 3.96. The van der Waals surface area contributed by atoms with E-state index in [0.29, 0.717) is 17.9 Å². The first kappa shape index (κ1) is 17.6. The molecule has 0 aliphatic carbocycles. The molecule has 1 N–H and O–H groups in total. The molecule has 0 aliphatic rings. The van der Waals surface area contributed by atoms with Crippen LogP contribution in [-0.4, -0.2) is 12.5 Å². The molecule has 0 spiro atoms. The molecule has 3 rings (SSSR count). The van der Waals surface area contributed by atoms with Crippen molar-refractivity contribution >= 4 is 5.91 Å². The van der Waals surface area contributed by atoms with Crippen molar-refractivity contribution < 1.29 is 14.3 Å². The highest BCUT2D eigenvalue weighted by Gasteiger charge is 2.21. The molecule has 1 amide bonds. The van der Waals surface area contributed by atoms with E-state index in [1.54, 1.807) is 12.1 Å². The van der Waals surface area contributed by atoms with E-state index in [9.17, 15) is 10.0 Å². The van der Waals surface area contributed by atoms with Crippen LogP contribution >= 0.6 is 0 Å². The Kier molecular flexibility index (Phi) is 5.96. The van der Waals surface area contributed by atoms with Gasteiger partial charge in [0.2, 0.25) is 0 Å². The summed E-state index contributed by atoms with van der Waals surface area (Å²) in [6.07, 6.45) is 1.30. The number of hydrogen-bond acceptors (Lipinski definition) is 3. The monoisotopic (exact) mass is 348 g/mol. The van der Waals surface area contributed by atoms with Crippen molar-refractivity contribution in [2.75, 3.05) is 6.61 Å². The van der Waals surface area contributed by atoms with E-state index in [4.69, 9.17) is 4.74 Å². The first-order chi connectivity index (χ1) is 12.7. The maximum absolute atomic E-state index is 12.5. The first-order valence-electron chi connectivity index (χ1n) is 8.40. The van der Waals surface area contributed by atoms with Crippen LogP contribution in [0.25, 0.3) is 0 Å². The molecular formula is C21H20N2O3. The van der Waals surface area contributed by atoms with Gasteiger partial charge in [-0.25, -0.2) is 0 Å². The zero-order valence-corrected chi connectivity index (χ0v) is 14.2. The average Bonchev–Trinajstić information content (AvgIpc) is 2.69. The fourth-order valence-electron chi connectivity index (χ4n) is 2.61. The van der Waals surface area contributed by atoms with Crippen molar-refractivity contribution in [2.45, 2.75) is 12.6 Å². The van der Waals surface area contributed by atoms with Crippen LogP contribution in [0.4, 0.5) is 0 Å². The summed E-state index contributed by atoms with van der Waals surface area (Å²) in [6, 6.07) is 23.8. The van der Waals surface area contributed by atoms with Gasteiger partial charge in [0.25, 0.3) is 5.69 Å². The smallest absolute Gasteiger partial charge is 0.317 e. The number of amides is 1. The van der Waals surface area contributed by atoms with E-state index < -0.39 is 5.91 Å². The summed E-state index contributed by atoms with van der Waals surface area (Å²) in [6.45, 7) is 0.753. The van der Waals surface area contributed by atoms with Crippen LogP contribution in [0.15, 0.2) is 85.1 Å². The van der Waals surface area contributed by atoms with Crippen molar-refractivity contribution in [2.24, 2.45) is 0 Å². The number of hydrogen-bond donors (Lipinski definition) is 1. The van der Waals surface area contributed by atoms with Crippen LogP contribution in [0.2, 0.25) is 0 Å². The highest BCUT2D eigenvalue weighted by atomic mass is 16.5. The Morgan fingerprint density at radius 3 is 2.31 bits per heavy atom. The van der Waals surface area contributed by atoms with Crippen molar-refractivity contribution in [1.82, 2.24) is 5.32 Å². The van der Waals surface area contributed by atoms with E-state index in [1.807, 2.05) is 60.7 Å². The van der Waals surface area contributed by atoms with Gasteiger partial charge >= 0.3 is 5.91 Å². The summed E-state index contributed by atoms with van der Waals surface area (Å²) in [5.41, 5.74) is 2.03. The number of ether oxygens (including phenoxy) is 1. The Morgan fingerprint density at radius 2 is 1.62 bits per heavy atom. The van der Waals surface area contributed by atoms with Gasteiger partial charge in [-0.2, -0.15) is 4.73 Å². The second-order valence-corrected chi connectivity index (χ2v) is 5.85. The Balaban J connectivity index is 1.69. The standard InChI is InChI=1S/C21H20N2O3/c24-21(20-13-7-8-14-23(20)25)22-19(18-11-5-2-6-12-18)16-26-15-17-9-3-1-4-10-17/h1-14,19H,15-16H2,(H,22,24)/t19-/m1/s1. The summed E-state index contributed by atoms with van der Waals surface area (Å²) in [4.78, 5) is 12.5. The molecular weight excluding hydrogens is 328 g/mol. The average molecular weight is 348 g/mol. The normalized spacial score (nSPS) is 11.7. The minimum atomic E-state index is -0.433. The molecule has 3 aromatic rings. The van der Waals surface area contributed by atoms with Gasteiger partial charge in [0.05, 0.1) is 19.3 Å². The van der Waals surface area contributed by atoms with E-state index in [1.165, 1.54) is 12.3 Å². The van der Waals surface area contributed by atoms with E-state index >= 15 is 0 Å². The topological polar surface area (TPSA) is 65.3 Å². The molecule has 0 fully saturated rings. The summed E-state index contributed by atoms with van der Waals surface area (Å²) >= 11 is 0. The molecule has 1 aromatic heterocycles. The molecule has 0 aliphatic heterocycles. The van der Waals surface area contributed by atoms with E-state index in [0.717, 1.165) is 11.1 Å². The Morgan fingerprint density at radius 1 is 0.962 bits per heavy atom. The van der Waals surface area contributed by atoms with Gasteiger partial charge in [0.1, 0.15) is 0 Å². The van der Waals surface area contributed by atoms with Crippen LogP contribution < -0.4 is 10.0 Å². The molecule has 0 saturated carbocycles. The SMILES string of the molecule is O=C(N[C@H](COCc1ccccc1)c1ccccc1)c1cccc[n+]1[O-]. The third-order valence-electron chi connectivity index (χ3n) is 3.96. The predicted molar refractivity (Wildman–Crippen MR) is 98.1 cm³/mol. The Labute approximate surface area is 152 Å². The van der Waals surface area contributed by atoms with Crippen LogP contribution in [0, 0.1) is 5.21 Å². The number of benzene rings is 2. The molecule has 1 atom stereocenters. The number of rotatable bonds is 7. The molecule has 132 valence electrons. The van der Waals surface area contributed by atoms with Crippen molar-refractivity contribution in [1.29, 1.82) is 0 Å². The molecule has 5 heteroatoms. The lowest BCUT2D eigenvalue weighted by Gasteiger charge is -2.19. The van der Waals surface area contributed by atoms with Gasteiger partial charge in [-0.1, -0.05) is 60.7 Å². The summed E-state index contributed by atoms with van der Waals surface area (Å²) in [7, 11) is 0. The fraction of sp³-hybridized carbons (Fsp3) is 0.143. The van der Waals surface area contributed by atoms with Gasteiger partial charge < -0.3 is 15.3 Å².